The van der Waals surface area contributed by atoms with Crippen molar-refractivity contribution in [3.63, 3.8) is 0 Å². The maximum atomic E-state index is 4.24. The summed E-state index contributed by atoms with van der Waals surface area (Å²) < 4.78 is 0. The molecule has 0 aromatic carbocycles. The predicted molar refractivity (Wildman–Crippen MR) is 63.3 cm³/mol. The Morgan fingerprint density at radius 3 is 2.93 bits per heavy atom. The normalized spacial score (nSPS) is 20.3. The lowest BCUT2D eigenvalue weighted by Gasteiger charge is -2.44. The van der Waals surface area contributed by atoms with Crippen LogP contribution in [0.5, 0.6) is 0 Å². The van der Waals surface area contributed by atoms with Gasteiger partial charge in [-0.25, -0.2) is 0 Å². The summed E-state index contributed by atoms with van der Waals surface area (Å²) in [4.78, 5) is 6.70. The van der Waals surface area contributed by atoms with Crippen molar-refractivity contribution in [3.8, 4) is 0 Å². The molecule has 2 rings (SSSR count). The molecule has 15 heavy (non-hydrogen) atoms. The molecule has 1 aliphatic rings. The average Bonchev–Trinajstić information content (AvgIpc) is 2.17. The van der Waals surface area contributed by atoms with Crippen LogP contribution in [0.2, 0.25) is 0 Å². The number of nitrogens with one attached hydrogen (secondary N) is 1. The number of anilines is 1. The van der Waals surface area contributed by atoms with Crippen molar-refractivity contribution < 1.29 is 0 Å². The molecule has 0 amide bonds. The van der Waals surface area contributed by atoms with E-state index in [4.69, 9.17) is 0 Å². The summed E-state index contributed by atoms with van der Waals surface area (Å²) in [6.45, 7) is 9.75. The maximum Gasteiger partial charge on any atom is 0.0470 e. The van der Waals surface area contributed by atoms with Gasteiger partial charge < -0.3 is 10.2 Å². The summed E-state index contributed by atoms with van der Waals surface area (Å²) >= 11 is 0. The van der Waals surface area contributed by atoms with E-state index in [9.17, 15) is 0 Å². The molecule has 0 radical (unpaired) electrons. The van der Waals surface area contributed by atoms with Crippen molar-refractivity contribution in [2.24, 2.45) is 0 Å². The Morgan fingerprint density at radius 1 is 1.47 bits per heavy atom. The van der Waals surface area contributed by atoms with Gasteiger partial charge in [0.25, 0.3) is 0 Å². The zero-order valence-electron chi connectivity index (χ0n) is 9.75. The fourth-order valence-corrected chi connectivity index (χ4v) is 2.16. The Morgan fingerprint density at radius 2 is 2.27 bits per heavy atom. The van der Waals surface area contributed by atoms with Crippen LogP contribution in [0.1, 0.15) is 19.5 Å². The molecule has 1 saturated heterocycles. The first-order valence-electron chi connectivity index (χ1n) is 5.51. The highest BCUT2D eigenvalue weighted by molar-refractivity contribution is 5.49. The van der Waals surface area contributed by atoms with Gasteiger partial charge in [0.05, 0.1) is 0 Å². The van der Waals surface area contributed by atoms with E-state index >= 15 is 0 Å². The fourth-order valence-electron chi connectivity index (χ4n) is 2.16. The molecule has 1 aliphatic heterocycles. The monoisotopic (exact) mass is 205 g/mol. The second kappa shape index (κ2) is 3.81. The van der Waals surface area contributed by atoms with E-state index in [1.54, 1.807) is 0 Å². The molecule has 0 unspecified atom stereocenters. The molecular weight excluding hydrogens is 186 g/mol. The number of piperazine rings is 1. The number of aromatic nitrogens is 1. The zero-order chi connectivity index (χ0) is 10.9. The lowest BCUT2D eigenvalue weighted by atomic mass is 9.99. The molecule has 0 saturated carbocycles. The molecule has 2 heterocycles. The van der Waals surface area contributed by atoms with Gasteiger partial charge in [-0.1, -0.05) is 0 Å². The lowest BCUT2D eigenvalue weighted by Crippen LogP contribution is -2.58. The summed E-state index contributed by atoms with van der Waals surface area (Å²) in [5.74, 6) is 0. The van der Waals surface area contributed by atoms with Crippen LogP contribution in [-0.4, -0.2) is 30.2 Å². The quantitative estimate of drug-likeness (QED) is 0.754. The minimum atomic E-state index is 0.187. The van der Waals surface area contributed by atoms with Crippen LogP contribution in [-0.2, 0) is 0 Å². The van der Waals surface area contributed by atoms with Gasteiger partial charge in [0.15, 0.2) is 0 Å². The third-order valence-corrected chi connectivity index (χ3v) is 2.99. The Labute approximate surface area is 91.5 Å². The topological polar surface area (TPSA) is 28.2 Å². The van der Waals surface area contributed by atoms with Crippen LogP contribution in [0.4, 0.5) is 5.69 Å². The van der Waals surface area contributed by atoms with E-state index in [2.05, 4.69) is 41.2 Å². The first-order valence-corrected chi connectivity index (χ1v) is 5.51. The van der Waals surface area contributed by atoms with Gasteiger partial charge in [0, 0.05) is 42.8 Å². The van der Waals surface area contributed by atoms with Gasteiger partial charge in [-0.3, -0.25) is 4.98 Å². The summed E-state index contributed by atoms with van der Waals surface area (Å²) in [6, 6.07) is 4.26. The summed E-state index contributed by atoms with van der Waals surface area (Å²) in [7, 11) is 0. The van der Waals surface area contributed by atoms with Crippen LogP contribution >= 0.6 is 0 Å². The molecule has 0 bridgehead atoms. The van der Waals surface area contributed by atoms with Crippen molar-refractivity contribution in [3.05, 3.63) is 24.0 Å². The molecule has 1 fully saturated rings. The van der Waals surface area contributed by atoms with E-state index in [0.717, 1.165) is 25.3 Å². The third-order valence-electron chi connectivity index (χ3n) is 2.99. The van der Waals surface area contributed by atoms with Gasteiger partial charge in [0.2, 0.25) is 0 Å². The number of hydrogen-bond donors (Lipinski definition) is 1. The van der Waals surface area contributed by atoms with E-state index in [1.165, 1.54) is 5.69 Å². The Hall–Kier alpha value is -1.09. The van der Waals surface area contributed by atoms with Crippen molar-refractivity contribution in [1.82, 2.24) is 10.3 Å². The molecule has 1 N–H and O–H groups in total. The Bertz CT molecular complexity index is 346. The van der Waals surface area contributed by atoms with Crippen LogP contribution in [0, 0.1) is 6.92 Å². The van der Waals surface area contributed by atoms with E-state index < -0.39 is 0 Å². The zero-order valence-corrected chi connectivity index (χ0v) is 9.75. The number of nitrogens with zero attached hydrogens (tertiary/aromatic N) is 2. The van der Waals surface area contributed by atoms with Crippen LogP contribution in [0.3, 0.4) is 0 Å². The predicted octanol–water partition coefficient (Wildman–Crippen LogP) is 1.58. The summed E-state index contributed by atoms with van der Waals surface area (Å²) in [6.07, 6.45) is 1.89. The second-order valence-electron chi connectivity index (χ2n) is 4.80. The minimum absolute atomic E-state index is 0.187. The van der Waals surface area contributed by atoms with Crippen LogP contribution in [0.15, 0.2) is 18.3 Å². The second-order valence-corrected chi connectivity index (χ2v) is 4.80. The van der Waals surface area contributed by atoms with Crippen molar-refractivity contribution >= 4 is 5.69 Å². The highest BCUT2D eigenvalue weighted by atomic mass is 15.3. The fraction of sp³-hybridized carbons (Fsp3) is 0.583. The number of hydrogen-bond acceptors (Lipinski definition) is 3. The lowest BCUT2D eigenvalue weighted by molar-refractivity contribution is 0.380. The van der Waals surface area contributed by atoms with Crippen LogP contribution in [0.25, 0.3) is 0 Å². The largest absolute Gasteiger partial charge is 0.364 e. The molecule has 3 nitrogen and oxygen atoms in total. The molecule has 82 valence electrons. The van der Waals surface area contributed by atoms with E-state index in [0.29, 0.717) is 0 Å². The van der Waals surface area contributed by atoms with Gasteiger partial charge in [-0.2, -0.15) is 0 Å². The molecule has 1 aromatic rings. The molecule has 0 spiro atoms. The van der Waals surface area contributed by atoms with Gasteiger partial charge >= 0.3 is 0 Å². The van der Waals surface area contributed by atoms with E-state index in [-0.39, 0.29) is 5.54 Å². The third kappa shape index (κ3) is 2.12. The van der Waals surface area contributed by atoms with E-state index in [1.807, 2.05) is 13.1 Å². The first-order chi connectivity index (χ1) is 7.09. The molecular formula is C12H19N3. The molecule has 1 aromatic heterocycles. The Kier molecular flexibility index (Phi) is 2.65. The van der Waals surface area contributed by atoms with Crippen LogP contribution < -0.4 is 10.2 Å². The SMILES string of the molecule is Cc1cc(N2CCNCC2(C)C)ccn1. The highest BCUT2D eigenvalue weighted by Gasteiger charge is 2.29. The molecule has 3 heteroatoms. The number of aryl methyl sites for hydroxylation is 1. The smallest absolute Gasteiger partial charge is 0.0470 e. The minimum Gasteiger partial charge on any atom is -0.364 e. The molecule has 0 aliphatic carbocycles. The number of rotatable bonds is 1. The molecule has 0 atom stereocenters. The van der Waals surface area contributed by atoms with Crippen molar-refractivity contribution in [1.29, 1.82) is 0 Å². The number of pyridine rings is 1. The van der Waals surface area contributed by atoms with Crippen molar-refractivity contribution in [2.75, 3.05) is 24.5 Å². The average molecular weight is 205 g/mol. The van der Waals surface area contributed by atoms with Gasteiger partial charge in [-0.05, 0) is 32.9 Å². The van der Waals surface area contributed by atoms with Crippen molar-refractivity contribution in [2.45, 2.75) is 26.3 Å². The summed E-state index contributed by atoms with van der Waals surface area (Å²) in [5, 5.41) is 3.43. The van der Waals surface area contributed by atoms with Gasteiger partial charge in [0.1, 0.15) is 0 Å². The summed E-state index contributed by atoms with van der Waals surface area (Å²) in [5.41, 5.74) is 2.56. The first kappa shape index (κ1) is 10.4. The highest BCUT2D eigenvalue weighted by Crippen LogP contribution is 2.25. The maximum absolute atomic E-state index is 4.24. The Balaban J connectivity index is 2.29. The standard InChI is InChI=1S/C12H19N3/c1-10-8-11(4-5-14-10)15-7-6-13-9-12(15,2)3/h4-5,8,13H,6-7,9H2,1-3H3. The van der Waals surface area contributed by atoms with Gasteiger partial charge in [-0.15, -0.1) is 0 Å².